The molecule has 4 nitrogen and oxygen atoms in total. The van der Waals surface area contributed by atoms with Crippen molar-refractivity contribution in [2.75, 3.05) is 0 Å². The monoisotopic (exact) mass is 452 g/mol. The SMILES string of the molecule is O=C(OCc1ccccc1)[C@@H]1C[C@H]1C(F)F.O=C(OCc1ccccc1)[C@H]1C[C@@H]1C(F)F. The Balaban J connectivity index is 0.000000181. The van der Waals surface area contributed by atoms with Crippen molar-refractivity contribution in [2.45, 2.75) is 38.9 Å². The maximum atomic E-state index is 12.2. The van der Waals surface area contributed by atoms with E-state index in [4.69, 9.17) is 9.47 Å². The van der Waals surface area contributed by atoms with E-state index in [1.807, 2.05) is 60.7 Å². The number of halogens is 4. The second-order valence-electron chi connectivity index (χ2n) is 7.87. The van der Waals surface area contributed by atoms with Crippen molar-refractivity contribution in [3.63, 3.8) is 0 Å². The smallest absolute Gasteiger partial charge is 0.309 e. The van der Waals surface area contributed by atoms with Crippen LogP contribution in [0.5, 0.6) is 0 Å². The number of benzene rings is 2. The fourth-order valence-electron chi connectivity index (χ4n) is 3.20. The summed E-state index contributed by atoms with van der Waals surface area (Å²) < 4.78 is 58.7. The van der Waals surface area contributed by atoms with Crippen LogP contribution >= 0.6 is 0 Å². The Hall–Kier alpha value is -2.90. The summed E-state index contributed by atoms with van der Waals surface area (Å²) in [6, 6.07) is 18.4. The summed E-state index contributed by atoms with van der Waals surface area (Å²) in [5.41, 5.74) is 1.73. The second-order valence-corrected chi connectivity index (χ2v) is 7.87. The molecule has 4 atom stereocenters. The number of carbonyl (C=O) groups excluding carboxylic acids is 2. The first-order chi connectivity index (χ1) is 15.4. The number of esters is 2. The van der Waals surface area contributed by atoms with Crippen molar-refractivity contribution in [2.24, 2.45) is 23.7 Å². The van der Waals surface area contributed by atoms with Gasteiger partial charge in [-0.15, -0.1) is 0 Å². The molecule has 2 saturated carbocycles. The first-order valence-corrected chi connectivity index (χ1v) is 10.3. The van der Waals surface area contributed by atoms with Gasteiger partial charge in [0.25, 0.3) is 0 Å². The number of hydrogen-bond donors (Lipinski definition) is 0. The predicted octanol–water partition coefficient (Wildman–Crippen LogP) is 5.26. The van der Waals surface area contributed by atoms with Gasteiger partial charge in [0, 0.05) is 11.8 Å². The van der Waals surface area contributed by atoms with Gasteiger partial charge in [-0.1, -0.05) is 60.7 Å². The zero-order valence-corrected chi connectivity index (χ0v) is 17.2. The largest absolute Gasteiger partial charge is 0.461 e. The normalized spacial score (nSPS) is 23.2. The van der Waals surface area contributed by atoms with Gasteiger partial charge in [-0.3, -0.25) is 9.59 Å². The molecule has 0 N–H and O–H groups in total. The molecule has 0 amide bonds. The molecule has 2 aromatic rings. The molecule has 172 valence electrons. The molecule has 2 aliphatic carbocycles. The summed E-state index contributed by atoms with van der Waals surface area (Å²) in [4.78, 5) is 22.7. The van der Waals surface area contributed by atoms with E-state index in [2.05, 4.69) is 0 Å². The van der Waals surface area contributed by atoms with E-state index in [0.717, 1.165) is 11.1 Å². The first kappa shape index (κ1) is 23.8. The van der Waals surface area contributed by atoms with Crippen molar-refractivity contribution in [1.82, 2.24) is 0 Å². The van der Waals surface area contributed by atoms with Gasteiger partial charge in [0.05, 0.1) is 11.8 Å². The zero-order chi connectivity index (χ0) is 23.1. The Labute approximate surface area is 183 Å². The van der Waals surface area contributed by atoms with Gasteiger partial charge >= 0.3 is 11.9 Å². The number of alkyl halides is 4. The van der Waals surface area contributed by atoms with Gasteiger partial charge in [0.15, 0.2) is 0 Å². The summed E-state index contributed by atoms with van der Waals surface area (Å²) >= 11 is 0. The molecule has 0 unspecified atom stereocenters. The summed E-state index contributed by atoms with van der Waals surface area (Å²) in [6.45, 7) is 0.318. The fraction of sp³-hybridized carbons (Fsp3) is 0.417. The van der Waals surface area contributed by atoms with Crippen LogP contribution in [0.4, 0.5) is 17.6 Å². The van der Waals surface area contributed by atoms with Gasteiger partial charge in [0.2, 0.25) is 12.9 Å². The molecule has 0 aromatic heterocycles. The van der Waals surface area contributed by atoms with E-state index in [-0.39, 0.29) is 26.1 Å². The third kappa shape index (κ3) is 7.07. The van der Waals surface area contributed by atoms with Crippen LogP contribution in [-0.4, -0.2) is 24.8 Å². The van der Waals surface area contributed by atoms with Gasteiger partial charge < -0.3 is 9.47 Å². The van der Waals surface area contributed by atoms with Crippen LogP contribution in [0.15, 0.2) is 60.7 Å². The quantitative estimate of drug-likeness (QED) is 0.405. The Morgan fingerprint density at radius 2 is 1.03 bits per heavy atom. The predicted molar refractivity (Wildman–Crippen MR) is 108 cm³/mol. The number of hydrogen-bond acceptors (Lipinski definition) is 4. The molecule has 2 aliphatic rings. The van der Waals surface area contributed by atoms with Gasteiger partial charge in [-0.2, -0.15) is 0 Å². The third-order valence-electron chi connectivity index (χ3n) is 5.38. The van der Waals surface area contributed by atoms with Crippen LogP contribution in [0, 0.1) is 23.7 Å². The topological polar surface area (TPSA) is 52.6 Å². The lowest BCUT2D eigenvalue weighted by atomic mass is 10.2. The Bertz CT molecular complexity index is 803. The highest BCUT2D eigenvalue weighted by molar-refractivity contribution is 5.76. The average molecular weight is 452 g/mol. The van der Waals surface area contributed by atoms with Crippen LogP contribution < -0.4 is 0 Å². The lowest BCUT2D eigenvalue weighted by Gasteiger charge is -2.04. The van der Waals surface area contributed by atoms with Crippen LogP contribution in [0.3, 0.4) is 0 Å². The molecule has 2 fully saturated rings. The molecule has 8 heteroatoms. The highest BCUT2D eigenvalue weighted by Crippen LogP contribution is 2.44. The highest BCUT2D eigenvalue weighted by Gasteiger charge is 2.50. The fourth-order valence-corrected chi connectivity index (χ4v) is 3.20. The van der Waals surface area contributed by atoms with E-state index < -0.39 is 48.5 Å². The van der Waals surface area contributed by atoms with Crippen molar-refractivity contribution >= 4 is 11.9 Å². The van der Waals surface area contributed by atoms with Crippen LogP contribution in [0.2, 0.25) is 0 Å². The summed E-state index contributed by atoms with van der Waals surface area (Å²) in [5, 5.41) is 0. The molecule has 4 rings (SSSR count). The minimum absolute atomic E-state index is 0.159. The first-order valence-electron chi connectivity index (χ1n) is 10.3. The Morgan fingerprint density at radius 3 is 1.31 bits per heavy atom. The summed E-state index contributed by atoms with van der Waals surface area (Å²) in [7, 11) is 0. The molecule has 32 heavy (non-hydrogen) atoms. The van der Waals surface area contributed by atoms with E-state index in [1.165, 1.54) is 0 Å². The average Bonchev–Trinajstić information content (AvgIpc) is 3.70. The Kier molecular flexibility index (Phi) is 8.25. The standard InChI is InChI=1S/2C12H12F2O2/c2*13-11(14)9-6-10(9)12(15)16-7-8-4-2-1-3-5-8/h2*1-5,9-11H,6-7H2/t2*9-,10-/m10/s1. The summed E-state index contributed by atoms with van der Waals surface area (Å²) in [6.07, 6.45) is -4.31. The lowest BCUT2D eigenvalue weighted by Crippen LogP contribution is -2.10. The summed E-state index contributed by atoms with van der Waals surface area (Å²) in [5.74, 6) is -3.78. The van der Waals surface area contributed by atoms with E-state index in [0.29, 0.717) is 0 Å². The van der Waals surface area contributed by atoms with Gasteiger partial charge in [-0.25, -0.2) is 17.6 Å². The molecule has 0 aliphatic heterocycles. The second kappa shape index (κ2) is 11.1. The number of carbonyl (C=O) groups is 2. The molecular formula is C24H24F4O4. The van der Waals surface area contributed by atoms with Crippen LogP contribution in [-0.2, 0) is 32.3 Å². The molecule has 0 radical (unpaired) electrons. The minimum atomic E-state index is -2.41. The van der Waals surface area contributed by atoms with E-state index in [9.17, 15) is 27.2 Å². The maximum absolute atomic E-state index is 12.2. The van der Waals surface area contributed by atoms with E-state index in [1.54, 1.807) is 0 Å². The van der Waals surface area contributed by atoms with Crippen molar-refractivity contribution in [3.8, 4) is 0 Å². The van der Waals surface area contributed by atoms with Crippen LogP contribution in [0.25, 0.3) is 0 Å². The lowest BCUT2D eigenvalue weighted by molar-refractivity contribution is -0.148. The number of rotatable bonds is 8. The van der Waals surface area contributed by atoms with Gasteiger partial charge in [-0.05, 0) is 24.0 Å². The van der Waals surface area contributed by atoms with Crippen molar-refractivity contribution < 1.29 is 36.6 Å². The van der Waals surface area contributed by atoms with Gasteiger partial charge in [0.1, 0.15) is 13.2 Å². The van der Waals surface area contributed by atoms with Crippen LogP contribution in [0.1, 0.15) is 24.0 Å². The van der Waals surface area contributed by atoms with E-state index >= 15 is 0 Å². The van der Waals surface area contributed by atoms with Crippen molar-refractivity contribution in [1.29, 1.82) is 0 Å². The molecular weight excluding hydrogens is 428 g/mol. The number of ether oxygens (including phenoxy) is 2. The van der Waals surface area contributed by atoms with Crippen molar-refractivity contribution in [3.05, 3.63) is 71.8 Å². The Morgan fingerprint density at radius 1 is 0.688 bits per heavy atom. The zero-order valence-electron chi connectivity index (χ0n) is 17.2. The molecule has 0 saturated heterocycles. The molecule has 0 bridgehead atoms. The minimum Gasteiger partial charge on any atom is -0.461 e. The molecule has 0 spiro atoms. The third-order valence-corrected chi connectivity index (χ3v) is 5.38. The molecule has 0 heterocycles. The maximum Gasteiger partial charge on any atom is 0.309 e. The highest BCUT2D eigenvalue weighted by atomic mass is 19.3. The molecule has 2 aromatic carbocycles.